The molecule has 0 spiro atoms. The Bertz CT molecular complexity index is 360. The first kappa shape index (κ1) is 19.8. The van der Waals surface area contributed by atoms with Crippen LogP contribution in [0.2, 0.25) is 0 Å². The molecule has 0 atom stereocenters. The van der Waals surface area contributed by atoms with Crippen LogP contribution in [0.25, 0.3) is 0 Å². The van der Waals surface area contributed by atoms with E-state index in [1.165, 1.54) is 70.6 Å². The second kappa shape index (κ2) is 9.82. The number of methoxy groups -OCH3 is 1. The molecule has 2 saturated carbocycles. The van der Waals surface area contributed by atoms with E-state index in [1.807, 2.05) is 0 Å². The van der Waals surface area contributed by atoms with E-state index in [9.17, 15) is 4.79 Å². The molecule has 2 heteroatoms. The average molecular weight is 337 g/mol. The quantitative estimate of drug-likeness (QED) is 0.372. The molecule has 0 unspecified atom stereocenters. The zero-order valence-corrected chi connectivity index (χ0v) is 16.4. The number of rotatable bonds is 8. The first-order chi connectivity index (χ1) is 11.6. The lowest BCUT2D eigenvalue weighted by molar-refractivity contribution is -0.156. The van der Waals surface area contributed by atoms with E-state index in [0.29, 0.717) is 0 Å². The minimum absolute atomic E-state index is 0.0729. The number of ether oxygens (including phenoxy) is 1. The number of carbonyl (C=O) groups is 1. The van der Waals surface area contributed by atoms with Gasteiger partial charge in [-0.25, -0.2) is 0 Å². The maximum atomic E-state index is 12.5. The van der Waals surface area contributed by atoms with Gasteiger partial charge in [-0.15, -0.1) is 0 Å². The molecule has 0 amide bonds. The maximum Gasteiger partial charge on any atom is 0.311 e. The highest BCUT2D eigenvalue weighted by molar-refractivity contribution is 5.76. The number of hydrogen-bond donors (Lipinski definition) is 0. The lowest BCUT2D eigenvalue weighted by atomic mass is 9.63. The van der Waals surface area contributed by atoms with Crippen molar-refractivity contribution in [3.05, 3.63) is 0 Å². The summed E-state index contributed by atoms with van der Waals surface area (Å²) in [6.45, 7) is 4.55. The highest BCUT2D eigenvalue weighted by Crippen LogP contribution is 2.48. The predicted molar refractivity (Wildman–Crippen MR) is 101 cm³/mol. The van der Waals surface area contributed by atoms with Crippen LogP contribution in [0.4, 0.5) is 0 Å². The van der Waals surface area contributed by atoms with Crippen molar-refractivity contribution in [2.24, 2.45) is 23.2 Å². The summed E-state index contributed by atoms with van der Waals surface area (Å²) in [6, 6.07) is 0. The Morgan fingerprint density at radius 1 is 0.917 bits per heavy atom. The van der Waals surface area contributed by atoms with Gasteiger partial charge < -0.3 is 4.74 Å². The molecule has 2 nitrogen and oxygen atoms in total. The molecule has 2 fully saturated rings. The monoisotopic (exact) mass is 336 g/mol. The summed E-state index contributed by atoms with van der Waals surface area (Å²) in [4.78, 5) is 12.5. The van der Waals surface area contributed by atoms with Crippen LogP contribution in [0, 0.1) is 23.2 Å². The summed E-state index contributed by atoms with van der Waals surface area (Å²) in [7, 11) is 1.57. The van der Waals surface area contributed by atoms with Crippen molar-refractivity contribution in [2.45, 2.75) is 104 Å². The largest absolute Gasteiger partial charge is 0.469 e. The fourth-order valence-corrected chi connectivity index (χ4v) is 5.51. The van der Waals surface area contributed by atoms with E-state index >= 15 is 0 Å². The number of carbonyl (C=O) groups excluding carboxylic acids is 1. The molecule has 0 N–H and O–H groups in total. The topological polar surface area (TPSA) is 26.3 Å². The predicted octanol–water partition coefficient (Wildman–Crippen LogP) is 6.52. The van der Waals surface area contributed by atoms with Gasteiger partial charge in [-0.1, -0.05) is 58.8 Å². The van der Waals surface area contributed by atoms with Crippen molar-refractivity contribution in [3.8, 4) is 0 Å². The Hall–Kier alpha value is -0.530. The van der Waals surface area contributed by atoms with Crippen LogP contribution in [-0.2, 0) is 9.53 Å². The Morgan fingerprint density at radius 3 is 2.08 bits per heavy atom. The van der Waals surface area contributed by atoms with Gasteiger partial charge in [0, 0.05) is 0 Å². The van der Waals surface area contributed by atoms with E-state index in [0.717, 1.165) is 37.0 Å². The summed E-state index contributed by atoms with van der Waals surface area (Å²) in [5.41, 5.74) is -0.153. The van der Waals surface area contributed by atoms with E-state index in [2.05, 4.69) is 13.8 Å². The van der Waals surface area contributed by atoms with Crippen LogP contribution in [0.3, 0.4) is 0 Å². The first-order valence-corrected chi connectivity index (χ1v) is 10.7. The Kier molecular flexibility index (Phi) is 8.10. The smallest absolute Gasteiger partial charge is 0.311 e. The van der Waals surface area contributed by atoms with Crippen LogP contribution < -0.4 is 0 Å². The van der Waals surface area contributed by atoms with Gasteiger partial charge in [-0.2, -0.15) is 0 Å². The third-order valence-electron chi connectivity index (χ3n) is 7.12. The molecule has 2 aliphatic rings. The first-order valence-electron chi connectivity index (χ1n) is 10.7. The summed E-state index contributed by atoms with van der Waals surface area (Å²) < 4.78 is 5.21. The molecule has 140 valence electrons. The number of unbranched alkanes of at least 4 members (excludes halogenated alkanes) is 2. The fourth-order valence-electron chi connectivity index (χ4n) is 5.51. The minimum atomic E-state index is -0.153. The highest BCUT2D eigenvalue weighted by atomic mass is 16.5. The van der Waals surface area contributed by atoms with Gasteiger partial charge in [0.25, 0.3) is 0 Å². The van der Waals surface area contributed by atoms with E-state index in [1.54, 1.807) is 7.11 Å². The molecule has 0 saturated heterocycles. The van der Waals surface area contributed by atoms with Crippen molar-refractivity contribution in [1.29, 1.82) is 0 Å². The third-order valence-corrected chi connectivity index (χ3v) is 7.12. The standard InChI is InChI=1S/C22H40O2/c1-4-6-7-15-22(21(23)24-3)16-13-20(14-17-22)19-11-9-18(8-5-2)10-12-19/h18-20H,4-17H2,1-3H3. The minimum Gasteiger partial charge on any atom is -0.469 e. The third kappa shape index (κ3) is 4.99. The van der Waals surface area contributed by atoms with Gasteiger partial charge in [-0.05, 0) is 62.7 Å². The number of esters is 1. The molecule has 24 heavy (non-hydrogen) atoms. The van der Waals surface area contributed by atoms with E-state index < -0.39 is 0 Å². The van der Waals surface area contributed by atoms with Crippen molar-refractivity contribution in [2.75, 3.05) is 7.11 Å². The lowest BCUT2D eigenvalue weighted by Crippen LogP contribution is -2.38. The van der Waals surface area contributed by atoms with E-state index in [4.69, 9.17) is 4.74 Å². The summed E-state index contributed by atoms with van der Waals surface area (Å²) in [5.74, 6) is 2.88. The van der Waals surface area contributed by atoms with Crippen LogP contribution >= 0.6 is 0 Å². The Morgan fingerprint density at radius 2 is 1.54 bits per heavy atom. The lowest BCUT2D eigenvalue weighted by Gasteiger charge is -2.42. The van der Waals surface area contributed by atoms with Crippen molar-refractivity contribution in [1.82, 2.24) is 0 Å². The second-order valence-corrected chi connectivity index (χ2v) is 8.64. The van der Waals surface area contributed by atoms with Crippen LogP contribution in [0.5, 0.6) is 0 Å². The van der Waals surface area contributed by atoms with Gasteiger partial charge in [0.05, 0.1) is 12.5 Å². The zero-order valence-electron chi connectivity index (χ0n) is 16.4. The summed E-state index contributed by atoms with van der Waals surface area (Å²) in [6.07, 6.45) is 17.9. The highest BCUT2D eigenvalue weighted by Gasteiger charge is 2.43. The van der Waals surface area contributed by atoms with Crippen molar-refractivity contribution >= 4 is 5.97 Å². The second-order valence-electron chi connectivity index (χ2n) is 8.64. The van der Waals surface area contributed by atoms with Crippen LogP contribution in [-0.4, -0.2) is 13.1 Å². The summed E-state index contributed by atoms with van der Waals surface area (Å²) >= 11 is 0. The average Bonchev–Trinajstić information content (AvgIpc) is 2.63. The number of hydrogen-bond acceptors (Lipinski definition) is 2. The molecular formula is C22H40O2. The van der Waals surface area contributed by atoms with Crippen LogP contribution in [0.1, 0.15) is 104 Å². The normalized spacial score (nSPS) is 34.0. The molecule has 0 aromatic carbocycles. The maximum absolute atomic E-state index is 12.5. The molecule has 0 bridgehead atoms. The Labute approximate surface area is 150 Å². The van der Waals surface area contributed by atoms with E-state index in [-0.39, 0.29) is 11.4 Å². The van der Waals surface area contributed by atoms with Gasteiger partial charge in [0.1, 0.15) is 0 Å². The zero-order chi connectivity index (χ0) is 17.4. The van der Waals surface area contributed by atoms with Gasteiger partial charge in [0.2, 0.25) is 0 Å². The molecule has 0 aromatic heterocycles. The molecular weight excluding hydrogens is 296 g/mol. The summed E-state index contributed by atoms with van der Waals surface area (Å²) in [5, 5.41) is 0. The molecule has 0 heterocycles. The molecule has 2 aliphatic carbocycles. The van der Waals surface area contributed by atoms with Gasteiger partial charge >= 0.3 is 5.97 Å². The fraction of sp³-hybridized carbons (Fsp3) is 0.955. The van der Waals surface area contributed by atoms with Crippen molar-refractivity contribution in [3.63, 3.8) is 0 Å². The Balaban J connectivity index is 1.84. The molecule has 2 rings (SSSR count). The molecule has 0 aliphatic heterocycles. The molecule has 0 aromatic rings. The SMILES string of the molecule is CCCCCC1(C(=O)OC)CCC(C2CCC(CCC)CC2)CC1. The molecule has 0 radical (unpaired) electrons. The van der Waals surface area contributed by atoms with Crippen LogP contribution in [0.15, 0.2) is 0 Å². The van der Waals surface area contributed by atoms with Crippen molar-refractivity contribution < 1.29 is 9.53 Å². The van der Waals surface area contributed by atoms with Gasteiger partial charge in [-0.3, -0.25) is 4.79 Å². The van der Waals surface area contributed by atoms with Gasteiger partial charge in [0.15, 0.2) is 0 Å².